The molecule has 0 radical (unpaired) electrons. The van der Waals surface area contributed by atoms with Gasteiger partial charge in [0.25, 0.3) is 5.91 Å². The first kappa shape index (κ1) is 15.7. The topological polar surface area (TPSA) is 65.8 Å². The van der Waals surface area contributed by atoms with Crippen LogP contribution >= 0.6 is 11.6 Å². The molecule has 0 bridgehead atoms. The largest absolute Gasteiger partial charge is 0.321 e. The zero-order valence-electron chi connectivity index (χ0n) is 12.5. The van der Waals surface area contributed by atoms with E-state index in [9.17, 15) is 10.1 Å². The SMILES string of the molecule is N#C/C(=C/c1ccccc1Cl)C(=O)Nc1cccc2ncccc12. The van der Waals surface area contributed by atoms with Crippen LogP contribution in [0.15, 0.2) is 66.4 Å². The first-order valence-corrected chi connectivity index (χ1v) is 7.58. The quantitative estimate of drug-likeness (QED) is 0.569. The van der Waals surface area contributed by atoms with Crippen molar-refractivity contribution < 1.29 is 4.79 Å². The van der Waals surface area contributed by atoms with Crippen molar-refractivity contribution in [2.24, 2.45) is 0 Å². The number of benzene rings is 2. The maximum atomic E-state index is 12.4. The van der Waals surface area contributed by atoms with E-state index in [1.807, 2.05) is 18.2 Å². The van der Waals surface area contributed by atoms with Crippen LogP contribution in [0, 0.1) is 11.3 Å². The first-order chi connectivity index (χ1) is 11.7. The molecule has 0 aliphatic carbocycles. The molecule has 0 unspecified atom stereocenters. The Bertz CT molecular complexity index is 984. The summed E-state index contributed by atoms with van der Waals surface area (Å²) in [7, 11) is 0. The van der Waals surface area contributed by atoms with E-state index in [-0.39, 0.29) is 5.57 Å². The number of anilines is 1. The minimum atomic E-state index is -0.492. The second kappa shape index (κ2) is 6.95. The van der Waals surface area contributed by atoms with Crippen molar-refractivity contribution in [2.75, 3.05) is 5.32 Å². The summed E-state index contributed by atoms with van der Waals surface area (Å²) in [5.41, 5.74) is 1.96. The molecule has 116 valence electrons. The van der Waals surface area contributed by atoms with Gasteiger partial charge in [-0.25, -0.2) is 0 Å². The molecular formula is C19H12ClN3O. The van der Waals surface area contributed by atoms with Crippen LogP contribution in [0.3, 0.4) is 0 Å². The van der Waals surface area contributed by atoms with Crippen LogP contribution in [-0.4, -0.2) is 10.9 Å². The predicted octanol–water partition coefficient (Wildman–Crippen LogP) is 4.43. The maximum Gasteiger partial charge on any atom is 0.266 e. The number of halogens is 1. The van der Waals surface area contributed by atoms with Crippen molar-refractivity contribution in [3.05, 3.63) is 77.0 Å². The van der Waals surface area contributed by atoms with Gasteiger partial charge in [0.15, 0.2) is 0 Å². The zero-order valence-corrected chi connectivity index (χ0v) is 13.3. The fourth-order valence-corrected chi connectivity index (χ4v) is 2.49. The zero-order chi connectivity index (χ0) is 16.9. The number of amides is 1. The Labute approximate surface area is 144 Å². The van der Waals surface area contributed by atoms with E-state index in [1.54, 1.807) is 48.7 Å². The molecule has 1 aromatic heterocycles. The van der Waals surface area contributed by atoms with Crippen LogP contribution in [-0.2, 0) is 4.79 Å². The van der Waals surface area contributed by atoms with Gasteiger partial charge in [-0.3, -0.25) is 9.78 Å². The first-order valence-electron chi connectivity index (χ1n) is 7.20. The van der Waals surface area contributed by atoms with E-state index in [4.69, 9.17) is 11.6 Å². The van der Waals surface area contributed by atoms with Gasteiger partial charge in [0.05, 0.1) is 11.2 Å². The van der Waals surface area contributed by atoms with Crippen molar-refractivity contribution in [1.82, 2.24) is 4.98 Å². The highest BCUT2D eigenvalue weighted by Gasteiger charge is 2.12. The number of hydrogen-bond donors (Lipinski definition) is 1. The predicted molar refractivity (Wildman–Crippen MR) is 95.4 cm³/mol. The number of aromatic nitrogens is 1. The van der Waals surface area contributed by atoms with E-state index in [0.717, 1.165) is 10.9 Å². The maximum absolute atomic E-state index is 12.4. The molecular weight excluding hydrogens is 322 g/mol. The summed E-state index contributed by atoms with van der Waals surface area (Å²) in [4.78, 5) is 16.7. The summed E-state index contributed by atoms with van der Waals surface area (Å²) in [6.07, 6.45) is 3.16. The molecule has 0 aliphatic heterocycles. The van der Waals surface area contributed by atoms with Crippen LogP contribution < -0.4 is 5.32 Å². The molecule has 1 heterocycles. The second-order valence-electron chi connectivity index (χ2n) is 5.02. The van der Waals surface area contributed by atoms with Crippen molar-refractivity contribution in [3.63, 3.8) is 0 Å². The third-order valence-electron chi connectivity index (χ3n) is 3.46. The third-order valence-corrected chi connectivity index (χ3v) is 3.81. The highest BCUT2D eigenvalue weighted by atomic mass is 35.5. The van der Waals surface area contributed by atoms with Gasteiger partial charge in [0.1, 0.15) is 11.6 Å². The summed E-state index contributed by atoms with van der Waals surface area (Å²) < 4.78 is 0. The number of nitriles is 1. The van der Waals surface area contributed by atoms with Crippen LogP contribution in [0.2, 0.25) is 5.02 Å². The van der Waals surface area contributed by atoms with E-state index in [0.29, 0.717) is 16.3 Å². The van der Waals surface area contributed by atoms with Gasteiger partial charge in [-0.1, -0.05) is 35.9 Å². The summed E-state index contributed by atoms with van der Waals surface area (Å²) in [5.74, 6) is -0.492. The van der Waals surface area contributed by atoms with Crippen molar-refractivity contribution in [3.8, 4) is 6.07 Å². The van der Waals surface area contributed by atoms with Crippen LogP contribution in [0.25, 0.3) is 17.0 Å². The Hall–Kier alpha value is -3.16. The molecule has 5 heteroatoms. The third kappa shape index (κ3) is 3.27. The van der Waals surface area contributed by atoms with Gasteiger partial charge in [-0.05, 0) is 42.0 Å². The minimum Gasteiger partial charge on any atom is -0.321 e. The lowest BCUT2D eigenvalue weighted by atomic mass is 10.1. The highest BCUT2D eigenvalue weighted by Crippen LogP contribution is 2.23. The van der Waals surface area contributed by atoms with Gasteiger partial charge < -0.3 is 5.32 Å². The second-order valence-corrected chi connectivity index (χ2v) is 5.43. The Balaban J connectivity index is 1.93. The fraction of sp³-hybridized carbons (Fsp3) is 0. The number of fused-ring (bicyclic) bond motifs is 1. The molecule has 1 amide bonds. The number of carbonyl (C=O) groups is 1. The van der Waals surface area contributed by atoms with Crippen molar-refractivity contribution in [1.29, 1.82) is 5.26 Å². The smallest absolute Gasteiger partial charge is 0.266 e. The minimum absolute atomic E-state index is 0.0241. The molecule has 3 aromatic rings. The Kier molecular flexibility index (Phi) is 4.55. The number of carbonyl (C=O) groups excluding carboxylic acids is 1. The average molecular weight is 334 g/mol. The molecule has 3 rings (SSSR count). The molecule has 24 heavy (non-hydrogen) atoms. The molecule has 1 N–H and O–H groups in total. The van der Waals surface area contributed by atoms with Crippen LogP contribution in [0.1, 0.15) is 5.56 Å². The van der Waals surface area contributed by atoms with E-state index >= 15 is 0 Å². The van der Waals surface area contributed by atoms with E-state index < -0.39 is 5.91 Å². The molecule has 0 saturated heterocycles. The molecule has 0 spiro atoms. The molecule has 0 fully saturated rings. The van der Waals surface area contributed by atoms with E-state index in [1.165, 1.54) is 6.08 Å². The van der Waals surface area contributed by atoms with Crippen molar-refractivity contribution >= 4 is 40.2 Å². The monoisotopic (exact) mass is 333 g/mol. The molecule has 0 saturated carbocycles. The van der Waals surface area contributed by atoms with Crippen LogP contribution in [0.4, 0.5) is 5.69 Å². The Morgan fingerprint density at radius 2 is 1.96 bits per heavy atom. The average Bonchev–Trinajstić information content (AvgIpc) is 2.61. The van der Waals surface area contributed by atoms with Gasteiger partial charge in [-0.2, -0.15) is 5.26 Å². The van der Waals surface area contributed by atoms with Gasteiger partial charge in [0.2, 0.25) is 0 Å². The van der Waals surface area contributed by atoms with Gasteiger partial charge in [-0.15, -0.1) is 0 Å². The summed E-state index contributed by atoms with van der Waals surface area (Å²) in [6.45, 7) is 0. The molecule has 0 aliphatic rings. The Morgan fingerprint density at radius 1 is 1.12 bits per heavy atom. The summed E-state index contributed by atoms with van der Waals surface area (Å²) in [6, 6.07) is 18.0. The number of nitrogens with one attached hydrogen (secondary N) is 1. The van der Waals surface area contributed by atoms with Crippen molar-refractivity contribution in [2.45, 2.75) is 0 Å². The summed E-state index contributed by atoms with van der Waals surface area (Å²) in [5, 5.41) is 13.4. The molecule has 2 aromatic carbocycles. The highest BCUT2D eigenvalue weighted by molar-refractivity contribution is 6.32. The number of pyridine rings is 1. The summed E-state index contributed by atoms with van der Waals surface area (Å²) >= 11 is 6.07. The lowest BCUT2D eigenvalue weighted by Crippen LogP contribution is -2.13. The molecule has 0 atom stereocenters. The molecule has 4 nitrogen and oxygen atoms in total. The fourth-order valence-electron chi connectivity index (χ4n) is 2.30. The normalized spacial score (nSPS) is 11.1. The number of hydrogen-bond acceptors (Lipinski definition) is 3. The number of nitrogens with zero attached hydrogens (tertiary/aromatic N) is 2. The standard InChI is InChI=1S/C19H12ClN3O/c20-16-7-2-1-5-13(16)11-14(12-21)19(24)23-18-9-3-8-17-15(18)6-4-10-22-17/h1-11H,(H,23,24)/b14-11-. The lowest BCUT2D eigenvalue weighted by molar-refractivity contribution is -0.112. The Morgan fingerprint density at radius 3 is 2.75 bits per heavy atom. The number of rotatable bonds is 3. The van der Waals surface area contributed by atoms with E-state index in [2.05, 4.69) is 10.3 Å². The van der Waals surface area contributed by atoms with Gasteiger partial charge in [0, 0.05) is 16.6 Å². The lowest BCUT2D eigenvalue weighted by Gasteiger charge is -2.08. The van der Waals surface area contributed by atoms with Gasteiger partial charge >= 0.3 is 0 Å². The van der Waals surface area contributed by atoms with Crippen LogP contribution in [0.5, 0.6) is 0 Å².